The summed E-state index contributed by atoms with van der Waals surface area (Å²) < 4.78 is 9.15. The number of anilines is 1. The van der Waals surface area contributed by atoms with Crippen molar-refractivity contribution < 1.29 is 14.3 Å². The van der Waals surface area contributed by atoms with Crippen LogP contribution < -0.4 is 21.6 Å². The number of piperazine rings is 1. The quantitative estimate of drug-likeness (QED) is 0.539. The monoisotopic (exact) mass is 512 g/mol. The molecule has 10 nitrogen and oxygen atoms in total. The number of imide groups is 1. The van der Waals surface area contributed by atoms with Crippen LogP contribution in [0.2, 0.25) is 0 Å². The molecule has 37 heavy (non-hydrogen) atoms. The Bertz CT molecular complexity index is 1190. The van der Waals surface area contributed by atoms with E-state index in [-0.39, 0.29) is 24.1 Å². The molecule has 2 unspecified atom stereocenters. The van der Waals surface area contributed by atoms with Gasteiger partial charge in [-0.25, -0.2) is 4.79 Å². The number of aromatic nitrogens is 2. The highest BCUT2D eigenvalue weighted by atomic mass is 16.5. The molecule has 0 spiro atoms. The molecule has 1 saturated carbocycles. The topological polar surface area (TPSA) is 115 Å². The number of ether oxygens (including phenoxy) is 1. The van der Waals surface area contributed by atoms with Gasteiger partial charge in [0.1, 0.15) is 6.04 Å². The first-order valence-electron chi connectivity index (χ1n) is 13.7. The number of hydrogen-bond donors (Lipinski definition) is 2. The van der Waals surface area contributed by atoms with Gasteiger partial charge in [0.05, 0.1) is 29.4 Å². The number of imidazole rings is 1. The maximum atomic E-state index is 13.2. The van der Waals surface area contributed by atoms with Crippen molar-refractivity contribution in [2.75, 3.05) is 44.2 Å². The lowest BCUT2D eigenvalue weighted by molar-refractivity contribution is -0.135. The van der Waals surface area contributed by atoms with Crippen LogP contribution in [0.25, 0.3) is 11.0 Å². The molecule has 0 radical (unpaired) electrons. The van der Waals surface area contributed by atoms with Crippen LogP contribution in [0.4, 0.5) is 5.69 Å². The molecule has 2 atom stereocenters. The minimum atomic E-state index is -0.666. The Morgan fingerprint density at radius 2 is 1.78 bits per heavy atom. The maximum absolute atomic E-state index is 13.2. The van der Waals surface area contributed by atoms with Crippen LogP contribution in [-0.4, -0.2) is 77.3 Å². The number of carbonyl (C=O) groups is 2. The SMILES string of the molecule is CC(N)COC1CCC(CN2CCN(c3cccc4c3n(C)c(=O)n4C3CCC(=O)NC3=O)CC2)CC1. The van der Waals surface area contributed by atoms with Crippen molar-refractivity contribution in [3.8, 4) is 0 Å². The molecule has 1 aliphatic carbocycles. The van der Waals surface area contributed by atoms with Gasteiger partial charge in [0.2, 0.25) is 11.8 Å². The number of aryl methyl sites for hydroxylation is 1. The summed E-state index contributed by atoms with van der Waals surface area (Å²) in [5.41, 5.74) is 8.21. The standard InChI is InChI=1S/C27H40N6O4/c1-18(28)17-37-20-8-6-19(7-9-20)16-31-12-14-32(15-13-31)21-4-3-5-22-25(21)30(2)27(36)33(22)23-10-11-24(34)29-26(23)35/h3-5,18-20,23H,6-17,28H2,1-2H3,(H,29,34,35). The second-order valence-corrected chi connectivity index (χ2v) is 11.1. The molecule has 3 fully saturated rings. The van der Waals surface area contributed by atoms with Crippen molar-refractivity contribution in [3.05, 3.63) is 28.7 Å². The van der Waals surface area contributed by atoms with E-state index in [4.69, 9.17) is 10.5 Å². The van der Waals surface area contributed by atoms with E-state index in [2.05, 4.69) is 21.2 Å². The van der Waals surface area contributed by atoms with Crippen LogP contribution in [0.1, 0.15) is 51.5 Å². The summed E-state index contributed by atoms with van der Waals surface area (Å²) in [6, 6.07) is 5.35. The van der Waals surface area contributed by atoms with Crippen LogP contribution >= 0.6 is 0 Å². The third-order valence-electron chi connectivity index (χ3n) is 8.22. The Morgan fingerprint density at radius 3 is 2.46 bits per heavy atom. The van der Waals surface area contributed by atoms with Crippen molar-refractivity contribution in [1.82, 2.24) is 19.4 Å². The molecule has 1 aromatic carbocycles. The predicted octanol–water partition coefficient (Wildman–Crippen LogP) is 1.36. The molecule has 2 saturated heterocycles. The fourth-order valence-electron chi connectivity index (χ4n) is 6.21. The molecule has 0 bridgehead atoms. The van der Waals surface area contributed by atoms with Gasteiger partial charge < -0.3 is 15.4 Å². The first-order valence-corrected chi connectivity index (χ1v) is 13.7. The number of piperidine rings is 1. The molecular formula is C27H40N6O4. The molecule has 3 N–H and O–H groups in total. The first-order chi connectivity index (χ1) is 17.8. The molecule has 2 aromatic rings. The lowest BCUT2D eigenvalue weighted by Gasteiger charge is -2.39. The average molecular weight is 513 g/mol. The molecule has 3 heterocycles. The number of nitrogens with zero attached hydrogens (tertiary/aromatic N) is 4. The maximum Gasteiger partial charge on any atom is 0.329 e. The Hall–Kier alpha value is -2.69. The number of hydrogen-bond acceptors (Lipinski definition) is 7. The molecular weight excluding hydrogens is 472 g/mol. The number of para-hydroxylation sites is 1. The van der Waals surface area contributed by atoms with Gasteiger partial charge in [-0.1, -0.05) is 6.07 Å². The number of fused-ring (bicyclic) bond motifs is 1. The zero-order valence-electron chi connectivity index (χ0n) is 22.0. The van der Waals surface area contributed by atoms with Crippen LogP contribution in [0.3, 0.4) is 0 Å². The number of amides is 2. The number of benzene rings is 1. The Morgan fingerprint density at radius 1 is 1.05 bits per heavy atom. The first kappa shape index (κ1) is 25.9. The second kappa shape index (κ2) is 11.0. The molecule has 1 aromatic heterocycles. The molecule has 202 valence electrons. The van der Waals surface area contributed by atoms with E-state index in [1.165, 1.54) is 12.8 Å². The largest absolute Gasteiger partial charge is 0.377 e. The number of rotatable bonds is 7. The van der Waals surface area contributed by atoms with Crippen LogP contribution in [0.5, 0.6) is 0 Å². The summed E-state index contributed by atoms with van der Waals surface area (Å²) in [4.78, 5) is 42.3. The Balaban J connectivity index is 1.23. The van der Waals surface area contributed by atoms with E-state index >= 15 is 0 Å². The third-order valence-corrected chi connectivity index (χ3v) is 8.22. The lowest BCUT2D eigenvalue weighted by Crippen LogP contribution is -2.48. The van der Waals surface area contributed by atoms with Crippen LogP contribution in [0, 0.1) is 5.92 Å². The lowest BCUT2D eigenvalue weighted by atomic mass is 9.87. The molecule has 5 rings (SSSR count). The summed E-state index contributed by atoms with van der Waals surface area (Å²) in [5.74, 6) is 0.0311. The van der Waals surface area contributed by atoms with E-state index < -0.39 is 11.9 Å². The highest BCUT2D eigenvalue weighted by Gasteiger charge is 2.32. The molecule has 2 amide bonds. The van der Waals surface area contributed by atoms with Gasteiger partial charge in [-0.3, -0.25) is 28.9 Å². The van der Waals surface area contributed by atoms with Gasteiger partial charge in [0, 0.05) is 52.2 Å². The molecule has 2 aliphatic heterocycles. The Kier molecular flexibility index (Phi) is 7.69. The molecule has 10 heteroatoms. The number of carbonyl (C=O) groups excluding carboxylic acids is 2. The van der Waals surface area contributed by atoms with Gasteiger partial charge in [-0.05, 0) is 57.1 Å². The number of nitrogens with one attached hydrogen (secondary N) is 1. The van der Waals surface area contributed by atoms with E-state index in [0.717, 1.165) is 62.3 Å². The van der Waals surface area contributed by atoms with E-state index in [1.807, 2.05) is 19.1 Å². The van der Waals surface area contributed by atoms with Gasteiger partial charge in [0.25, 0.3) is 0 Å². The van der Waals surface area contributed by atoms with Crippen LogP contribution in [-0.2, 0) is 21.4 Å². The zero-order valence-corrected chi connectivity index (χ0v) is 22.0. The van der Waals surface area contributed by atoms with Gasteiger partial charge in [0.15, 0.2) is 0 Å². The summed E-state index contributed by atoms with van der Waals surface area (Å²) >= 11 is 0. The van der Waals surface area contributed by atoms with E-state index in [0.29, 0.717) is 25.0 Å². The van der Waals surface area contributed by atoms with Crippen LogP contribution in [0.15, 0.2) is 23.0 Å². The minimum absolute atomic E-state index is 0.0956. The molecule has 3 aliphatic rings. The van der Waals surface area contributed by atoms with E-state index in [1.54, 1.807) is 16.2 Å². The summed E-state index contributed by atoms with van der Waals surface area (Å²) in [5, 5.41) is 2.38. The van der Waals surface area contributed by atoms with Gasteiger partial charge in [-0.2, -0.15) is 0 Å². The Labute approximate surface area is 217 Å². The average Bonchev–Trinajstić information content (AvgIpc) is 3.14. The fraction of sp³-hybridized carbons (Fsp3) is 0.667. The van der Waals surface area contributed by atoms with Crippen molar-refractivity contribution in [3.63, 3.8) is 0 Å². The minimum Gasteiger partial charge on any atom is -0.377 e. The van der Waals surface area contributed by atoms with Gasteiger partial charge in [-0.15, -0.1) is 0 Å². The van der Waals surface area contributed by atoms with Crippen molar-refractivity contribution in [1.29, 1.82) is 0 Å². The fourth-order valence-corrected chi connectivity index (χ4v) is 6.21. The van der Waals surface area contributed by atoms with E-state index in [9.17, 15) is 14.4 Å². The third kappa shape index (κ3) is 5.46. The zero-order chi connectivity index (χ0) is 26.1. The van der Waals surface area contributed by atoms with Gasteiger partial charge >= 0.3 is 5.69 Å². The highest BCUT2D eigenvalue weighted by molar-refractivity contribution is 6.00. The number of nitrogens with two attached hydrogens (primary N) is 1. The normalized spacial score (nSPS) is 26.5. The summed E-state index contributed by atoms with van der Waals surface area (Å²) in [7, 11) is 1.76. The highest BCUT2D eigenvalue weighted by Crippen LogP contribution is 2.31. The van der Waals surface area contributed by atoms with Crippen molar-refractivity contribution >= 4 is 28.5 Å². The summed E-state index contributed by atoms with van der Waals surface area (Å²) in [6.45, 7) is 7.51. The van der Waals surface area contributed by atoms with Crippen molar-refractivity contribution in [2.24, 2.45) is 18.7 Å². The smallest absolute Gasteiger partial charge is 0.329 e. The van der Waals surface area contributed by atoms with Crippen molar-refractivity contribution in [2.45, 2.75) is 63.6 Å². The second-order valence-electron chi connectivity index (χ2n) is 11.1. The summed E-state index contributed by atoms with van der Waals surface area (Å²) in [6.07, 6.45) is 5.60. The predicted molar refractivity (Wildman–Crippen MR) is 143 cm³/mol.